The highest BCUT2D eigenvalue weighted by Crippen LogP contribution is 2.18. The summed E-state index contributed by atoms with van der Waals surface area (Å²) in [6.07, 6.45) is 0.784. The second kappa shape index (κ2) is 8.75. The van der Waals surface area contributed by atoms with Crippen molar-refractivity contribution in [2.45, 2.75) is 39.4 Å². The highest BCUT2D eigenvalue weighted by molar-refractivity contribution is 5.95. The van der Waals surface area contributed by atoms with Crippen LogP contribution in [0.4, 0.5) is 4.39 Å². The van der Waals surface area contributed by atoms with Crippen LogP contribution in [0.5, 0.6) is 0 Å². The van der Waals surface area contributed by atoms with Crippen LogP contribution in [0, 0.1) is 12.7 Å². The van der Waals surface area contributed by atoms with Gasteiger partial charge in [-0.25, -0.2) is 4.39 Å². The molecule has 0 bridgehead atoms. The molecule has 1 N–H and O–H groups in total. The maximum atomic E-state index is 13.1. The molecule has 3 aromatic rings. The summed E-state index contributed by atoms with van der Waals surface area (Å²) in [7, 11) is 0. The monoisotopic (exact) mass is 407 g/mol. The zero-order valence-electron chi connectivity index (χ0n) is 17.3. The van der Waals surface area contributed by atoms with Gasteiger partial charge in [-0.3, -0.25) is 9.69 Å². The summed E-state index contributed by atoms with van der Waals surface area (Å²) in [6, 6.07) is 14.0. The quantitative estimate of drug-likeness (QED) is 0.705. The lowest BCUT2D eigenvalue weighted by Gasteiger charge is -2.20. The standard InChI is InChI=1S/C23H26FN5O/c1-16-5-3-4-6-20(16)23(30)25-17(2)22-27-26-21-11-12-28(13-14-29(21)22)15-18-7-9-19(24)10-8-18/h3-10,17H,11-15H2,1-2H3,(H,25,30). The smallest absolute Gasteiger partial charge is 0.252 e. The molecule has 156 valence electrons. The van der Waals surface area contributed by atoms with Crippen molar-refractivity contribution in [2.24, 2.45) is 0 Å². The van der Waals surface area contributed by atoms with Gasteiger partial charge in [0.15, 0.2) is 5.82 Å². The minimum Gasteiger partial charge on any atom is -0.342 e. The van der Waals surface area contributed by atoms with Crippen LogP contribution in [-0.4, -0.2) is 38.7 Å². The third-order valence-electron chi connectivity index (χ3n) is 5.59. The molecule has 1 unspecified atom stereocenters. The number of carbonyl (C=O) groups is 1. The van der Waals surface area contributed by atoms with Gasteiger partial charge in [-0.15, -0.1) is 10.2 Å². The van der Waals surface area contributed by atoms with Crippen molar-refractivity contribution in [3.8, 4) is 0 Å². The molecule has 0 saturated carbocycles. The van der Waals surface area contributed by atoms with Crippen LogP contribution in [0.1, 0.15) is 46.1 Å². The number of nitrogens with zero attached hydrogens (tertiary/aromatic N) is 4. The first kappa shape index (κ1) is 20.2. The number of halogens is 1. The van der Waals surface area contributed by atoms with Crippen LogP contribution in [0.15, 0.2) is 48.5 Å². The molecule has 0 saturated heterocycles. The molecule has 0 aliphatic carbocycles. The number of aromatic nitrogens is 3. The second-order valence-electron chi connectivity index (χ2n) is 7.79. The van der Waals surface area contributed by atoms with Crippen LogP contribution in [0.3, 0.4) is 0 Å². The van der Waals surface area contributed by atoms with Crippen LogP contribution in [0.2, 0.25) is 0 Å². The average molecular weight is 407 g/mol. The molecule has 1 aromatic heterocycles. The van der Waals surface area contributed by atoms with Gasteiger partial charge in [-0.05, 0) is 43.2 Å². The van der Waals surface area contributed by atoms with Crippen LogP contribution in [0.25, 0.3) is 0 Å². The summed E-state index contributed by atoms with van der Waals surface area (Å²) >= 11 is 0. The number of fused-ring (bicyclic) bond motifs is 1. The molecule has 0 spiro atoms. The Hall–Kier alpha value is -3.06. The average Bonchev–Trinajstić information content (AvgIpc) is 3.04. The molecule has 2 heterocycles. The Kier molecular flexibility index (Phi) is 5.90. The Morgan fingerprint density at radius 3 is 2.63 bits per heavy atom. The Bertz CT molecular complexity index is 1030. The van der Waals surface area contributed by atoms with Crippen molar-refractivity contribution in [1.29, 1.82) is 0 Å². The van der Waals surface area contributed by atoms with Gasteiger partial charge in [0, 0.05) is 38.2 Å². The first-order valence-corrected chi connectivity index (χ1v) is 10.3. The van der Waals surface area contributed by atoms with E-state index in [-0.39, 0.29) is 17.8 Å². The maximum absolute atomic E-state index is 13.1. The minimum atomic E-state index is -0.248. The molecule has 4 rings (SSSR count). The van der Waals surface area contributed by atoms with Crippen molar-refractivity contribution in [3.63, 3.8) is 0 Å². The van der Waals surface area contributed by atoms with Gasteiger partial charge in [0.25, 0.3) is 5.91 Å². The fourth-order valence-corrected chi connectivity index (χ4v) is 3.88. The van der Waals surface area contributed by atoms with E-state index in [0.29, 0.717) is 5.56 Å². The third-order valence-corrected chi connectivity index (χ3v) is 5.59. The summed E-state index contributed by atoms with van der Waals surface area (Å²) in [4.78, 5) is 15.0. The van der Waals surface area contributed by atoms with E-state index in [1.54, 1.807) is 0 Å². The molecule has 6 nitrogen and oxygen atoms in total. The van der Waals surface area contributed by atoms with Crippen molar-refractivity contribution in [3.05, 3.63) is 82.7 Å². The number of nitrogens with one attached hydrogen (secondary N) is 1. The van der Waals surface area contributed by atoms with E-state index < -0.39 is 0 Å². The third kappa shape index (κ3) is 4.41. The van der Waals surface area contributed by atoms with Gasteiger partial charge in [0.2, 0.25) is 0 Å². The van der Waals surface area contributed by atoms with Crippen LogP contribution < -0.4 is 5.32 Å². The molecule has 0 radical (unpaired) electrons. The largest absolute Gasteiger partial charge is 0.342 e. The molecule has 30 heavy (non-hydrogen) atoms. The van der Waals surface area contributed by atoms with E-state index in [0.717, 1.165) is 55.4 Å². The number of hydrogen-bond acceptors (Lipinski definition) is 4. The van der Waals surface area contributed by atoms with E-state index in [1.807, 2.05) is 50.2 Å². The summed E-state index contributed by atoms with van der Waals surface area (Å²) < 4.78 is 15.3. The number of aryl methyl sites for hydroxylation is 1. The van der Waals surface area contributed by atoms with Gasteiger partial charge in [0.1, 0.15) is 11.6 Å². The van der Waals surface area contributed by atoms with E-state index in [4.69, 9.17) is 0 Å². The highest BCUT2D eigenvalue weighted by atomic mass is 19.1. The highest BCUT2D eigenvalue weighted by Gasteiger charge is 2.23. The van der Waals surface area contributed by atoms with Gasteiger partial charge in [-0.1, -0.05) is 30.3 Å². The van der Waals surface area contributed by atoms with Gasteiger partial charge in [-0.2, -0.15) is 0 Å². The maximum Gasteiger partial charge on any atom is 0.252 e. The molecule has 2 aromatic carbocycles. The Balaban J connectivity index is 1.42. The number of carbonyl (C=O) groups excluding carboxylic acids is 1. The summed E-state index contributed by atoms with van der Waals surface area (Å²) in [5.74, 6) is 1.39. The fraction of sp³-hybridized carbons (Fsp3) is 0.348. The molecule has 1 atom stereocenters. The lowest BCUT2D eigenvalue weighted by molar-refractivity contribution is 0.0937. The topological polar surface area (TPSA) is 63.1 Å². The van der Waals surface area contributed by atoms with E-state index in [1.165, 1.54) is 12.1 Å². The number of hydrogen-bond donors (Lipinski definition) is 1. The summed E-state index contributed by atoms with van der Waals surface area (Å²) in [5.41, 5.74) is 2.71. The Morgan fingerprint density at radius 2 is 1.87 bits per heavy atom. The predicted octanol–water partition coefficient (Wildman–Crippen LogP) is 3.27. The van der Waals surface area contributed by atoms with Crippen LogP contribution in [-0.2, 0) is 19.5 Å². The number of rotatable bonds is 5. The SMILES string of the molecule is Cc1ccccc1C(=O)NC(C)c1nnc2n1CCN(Cc1ccc(F)cc1)CC2. The van der Waals surface area contributed by atoms with Gasteiger partial charge in [0.05, 0.1) is 6.04 Å². The first-order chi connectivity index (χ1) is 14.5. The number of amides is 1. The summed E-state index contributed by atoms with van der Waals surface area (Å²) in [6.45, 7) is 7.09. The Labute approximate surface area is 175 Å². The predicted molar refractivity (Wildman–Crippen MR) is 112 cm³/mol. The normalized spacial score (nSPS) is 15.3. The number of benzene rings is 2. The minimum absolute atomic E-state index is 0.107. The molecule has 0 fully saturated rings. The lowest BCUT2D eigenvalue weighted by Crippen LogP contribution is -2.30. The fourth-order valence-electron chi connectivity index (χ4n) is 3.88. The molecular formula is C23H26FN5O. The summed E-state index contributed by atoms with van der Waals surface area (Å²) in [5, 5.41) is 11.8. The first-order valence-electron chi connectivity index (χ1n) is 10.3. The zero-order valence-corrected chi connectivity index (χ0v) is 17.3. The second-order valence-corrected chi connectivity index (χ2v) is 7.79. The van der Waals surface area contributed by atoms with Crippen molar-refractivity contribution in [2.75, 3.05) is 13.1 Å². The lowest BCUT2D eigenvalue weighted by atomic mass is 10.1. The molecule has 7 heteroatoms. The van der Waals surface area contributed by atoms with E-state index in [2.05, 4.69) is 25.0 Å². The van der Waals surface area contributed by atoms with Crippen LogP contribution >= 0.6 is 0 Å². The molecule has 1 aliphatic rings. The van der Waals surface area contributed by atoms with Gasteiger partial charge >= 0.3 is 0 Å². The van der Waals surface area contributed by atoms with Gasteiger partial charge < -0.3 is 9.88 Å². The molecular weight excluding hydrogens is 381 g/mol. The van der Waals surface area contributed by atoms with Crippen molar-refractivity contribution in [1.82, 2.24) is 25.0 Å². The molecule has 1 amide bonds. The van der Waals surface area contributed by atoms with Crippen molar-refractivity contribution >= 4 is 5.91 Å². The zero-order chi connectivity index (χ0) is 21.1. The molecule has 1 aliphatic heterocycles. The van der Waals surface area contributed by atoms with Crippen molar-refractivity contribution < 1.29 is 9.18 Å². The van der Waals surface area contributed by atoms with E-state index >= 15 is 0 Å². The van der Waals surface area contributed by atoms with E-state index in [9.17, 15) is 9.18 Å². The Morgan fingerprint density at radius 1 is 1.10 bits per heavy atom.